The number of cyclic esters (lactones) is 2. The van der Waals surface area contributed by atoms with Gasteiger partial charge in [-0.1, -0.05) is 6.92 Å². The zero-order chi connectivity index (χ0) is 9.30. The average Bonchev–Trinajstić information content (AvgIpc) is 2.28. The maximum Gasteiger partial charge on any atom is 0.317 e. The number of rotatable bonds is 2. The summed E-state index contributed by atoms with van der Waals surface area (Å²) in [7, 11) is 3.91. The Morgan fingerprint density at radius 1 is 1.91 bits per heavy atom. The molecular weight excluding hydrogens is 162 g/mol. The van der Waals surface area contributed by atoms with E-state index in [1.165, 1.54) is 0 Å². The second-order valence-electron chi connectivity index (χ2n) is 2.49. The van der Waals surface area contributed by atoms with E-state index in [4.69, 9.17) is 8.84 Å². The molecule has 0 aliphatic carbocycles. The van der Waals surface area contributed by atoms with Crippen molar-refractivity contribution in [3.63, 3.8) is 0 Å². The van der Waals surface area contributed by atoms with Crippen LogP contribution in [0.1, 0.15) is 13.3 Å². The number of ether oxygens (including phenoxy) is 1. The van der Waals surface area contributed by atoms with Gasteiger partial charge >= 0.3 is 11.9 Å². The number of carbonyl (C=O) groups excluding carboxylic acids is 2. The highest BCUT2D eigenvalue weighted by Crippen LogP contribution is 2.29. The van der Waals surface area contributed by atoms with Crippen molar-refractivity contribution >= 4 is 27.9 Å². The fraction of sp³-hybridized carbons (Fsp3) is 0.667. The molecule has 3 unspecified atom stereocenters. The minimum atomic E-state index is -1.42. The normalized spacial score (nSPS) is 31.0. The predicted octanol–water partition coefficient (Wildman–Crippen LogP) is 0.227. The van der Waals surface area contributed by atoms with Crippen molar-refractivity contribution in [1.82, 2.24) is 0 Å². The number of carbonyl (C=O) groups is 2. The van der Waals surface area contributed by atoms with Crippen LogP contribution in [-0.4, -0.2) is 26.4 Å². The monoisotopic (exact) mass is 171 g/mol. The van der Waals surface area contributed by atoms with E-state index in [2.05, 4.69) is 4.74 Å². The van der Waals surface area contributed by atoms with Crippen LogP contribution in [0.4, 0.5) is 0 Å². The standard InChI is InChI=1S/C6H8BO3P/c1-3(11-7)4-2-5(8)10-6(4)9/h3-4,11H,2H2,1H3/i11D. The van der Waals surface area contributed by atoms with Crippen LogP contribution in [0.2, 0.25) is 0 Å². The topological polar surface area (TPSA) is 43.4 Å². The van der Waals surface area contributed by atoms with Crippen LogP contribution in [0, 0.1) is 5.92 Å². The molecule has 0 aromatic rings. The molecule has 0 saturated carbocycles. The summed E-state index contributed by atoms with van der Waals surface area (Å²) >= 11 is 0. The lowest BCUT2D eigenvalue weighted by molar-refractivity contribution is -0.153. The predicted molar refractivity (Wildman–Crippen MR) is 42.7 cm³/mol. The Kier molecular flexibility index (Phi) is 2.22. The summed E-state index contributed by atoms with van der Waals surface area (Å²) in [6.45, 7) is 1.70. The Morgan fingerprint density at radius 2 is 2.55 bits per heavy atom. The summed E-state index contributed by atoms with van der Waals surface area (Å²) in [5.74, 6) is -1.53. The molecule has 1 fully saturated rings. The fourth-order valence-corrected chi connectivity index (χ4v) is 1.40. The minimum absolute atomic E-state index is 0.0783. The van der Waals surface area contributed by atoms with Crippen molar-refractivity contribution in [2.75, 3.05) is 0 Å². The van der Waals surface area contributed by atoms with Crippen molar-refractivity contribution in [2.45, 2.75) is 19.0 Å². The van der Waals surface area contributed by atoms with Gasteiger partial charge in [0, 0.05) is 1.28 Å². The molecule has 0 bridgehead atoms. The molecule has 0 amide bonds. The fourth-order valence-electron chi connectivity index (χ4n) is 0.964. The molecule has 1 rings (SSSR count). The van der Waals surface area contributed by atoms with Gasteiger partial charge in [-0.05, 0) is 5.66 Å². The molecule has 0 aromatic heterocycles. The molecule has 1 aliphatic heterocycles. The Bertz CT molecular complexity index is 221. The first-order valence-electron chi connectivity index (χ1n) is 3.74. The number of esters is 2. The smallest absolute Gasteiger partial charge is 0.317 e. The van der Waals surface area contributed by atoms with E-state index in [-0.39, 0.29) is 12.1 Å². The second-order valence-corrected chi connectivity index (χ2v) is 3.61. The maximum atomic E-state index is 11.0. The molecule has 0 aromatic carbocycles. The van der Waals surface area contributed by atoms with E-state index >= 15 is 0 Å². The van der Waals surface area contributed by atoms with Gasteiger partial charge in [-0.15, -0.1) is 0 Å². The van der Waals surface area contributed by atoms with Gasteiger partial charge in [0.15, 0.2) is 0 Å². The van der Waals surface area contributed by atoms with Gasteiger partial charge in [0.05, 0.1) is 12.3 Å². The molecule has 0 N–H and O–H groups in total. The SMILES string of the molecule is [2H]P([B])C(C)C1CC(=O)OC1=O. The molecule has 2 radical (unpaired) electrons. The first-order valence-corrected chi connectivity index (χ1v) is 4.33. The van der Waals surface area contributed by atoms with E-state index < -0.39 is 26.3 Å². The molecular formula is C6H8BO3P. The van der Waals surface area contributed by atoms with Gasteiger partial charge in [-0.25, -0.2) is 0 Å². The van der Waals surface area contributed by atoms with Gasteiger partial charge in [0.25, 0.3) is 0 Å². The highest BCUT2D eigenvalue weighted by molar-refractivity contribution is 7.67. The van der Waals surface area contributed by atoms with Crippen LogP contribution < -0.4 is 0 Å². The molecule has 1 aliphatic rings. The van der Waals surface area contributed by atoms with Crippen molar-refractivity contribution in [3.8, 4) is 0 Å². The molecule has 11 heavy (non-hydrogen) atoms. The van der Waals surface area contributed by atoms with Crippen molar-refractivity contribution < 1.29 is 14.3 Å². The number of hydrogen-bond acceptors (Lipinski definition) is 3. The second kappa shape index (κ2) is 3.35. The highest BCUT2D eigenvalue weighted by atomic mass is 31.1. The Balaban J connectivity index is 2.64. The first kappa shape index (κ1) is 7.29. The highest BCUT2D eigenvalue weighted by Gasteiger charge is 2.36. The lowest BCUT2D eigenvalue weighted by Crippen LogP contribution is -2.17. The lowest BCUT2D eigenvalue weighted by atomic mass is 10.1. The van der Waals surface area contributed by atoms with Crippen molar-refractivity contribution in [1.29, 1.82) is 1.28 Å². The minimum Gasteiger partial charge on any atom is -0.393 e. The van der Waals surface area contributed by atoms with E-state index in [0.29, 0.717) is 0 Å². The van der Waals surface area contributed by atoms with Crippen LogP contribution in [0.25, 0.3) is 0 Å². The zero-order valence-corrected chi connectivity index (χ0v) is 7.01. The van der Waals surface area contributed by atoms with E-state index in [1.54, 1.807) is 6.92 Å². The van der Waals surface area contributed by atoms with Crippen LogP contribution in [0.15, 0.2) is 0 Å². The lowest BCUT2D eigenvalue weighted by Gasteiger charge is -2.11. The van der Waals surface area contributed by atoms with Crippen molar-refractivity contribution in [2.24, 2.45) is 5.92 Å². The zero-order valence-electron chi connectivity index (χ0n) is 7.11. The van der Waals surface area contributed by atoms with Crippen LogP contribution in [0.3, 0.4) is 0 Å². The molecule has 58 valence electrons. The molecule has 1 saturated heterocycles. The van der Waals surface area contributed by atoms with Gasteiger partial charge in [0.1, 0.15) is 7.57 Å². The molecule has 0 spiro atoms. The van der Waals surface area contributed by atoms with Crippen LogP contribution in [-0.2, 0) is 14.3 Å². The van der Waals surface area contributed by atoms with Gasteiger partial charge < -0.3 is 4.74 Å². The molecule has 3 atom stereocenters. The summed E-state index contributed by atoms with van der Waals surface area (Å²) < 4.78 is 11.6. The molecule has 1 heterocycles. The van der Waals surface area contributed by atoms with E-state index in [0.717, 1.165) is 0 Å². The van der Waals surface area contributed by atoms with Gasteiger partial charge in [-0.2, -0.15) is 8.40 Å². The largest absolute Gasteiger partial charge is 0.393 e. The third-order valence-corrected chi connectivity index (χ3v) is 2.55. The summed E-state index contributed by atoms with van der Waals surface area (Å²) in [6.07, 6.45) is 0.0783. The van der Waals surface area contributed by atoms with E-state index in [1.807, 2.05) is 0 Å². The Morgan fingerprint density at radius 3 is 2.91 bits per heavy atom. The van der Waals surface area contributed by atoms with Crippen LogP contribution >= 0.6 is 8.40 Å². The Labute approximate surface area is 69.3 Å². The summed E-state index contributed by atoms with van der Waals surface area (Å²) in [5, 5.41) is 0. The average molecular weight is 171 g/mol. The quantitative estimate of drug-likeness (QED) is 0.258. The summed E-state index contributed by atoms with van der Waals surface area (Å²) in [5.41, 5.74) is -0.265. The summed E-state index contributed by atoms with van der Waals surface area (Å²) in [4.78, 5) is 21.6. The van der Waals surface area contributed by atoms with Gasteiger partial charge in [-0.3, -0.25) is 9.59 Å². The van der Waals surface area contributed by atoms with Gasteiger partial charge in [0.2, 0.25) is 0 Å². The Hall–Kier alpha value is -0.365. The first-order chi connectivity index (χ1) is 5.52. The molecule has 3 nitrogen and oxygen atoms in total. The van der Waals surface area contributed by atoms with Crippen molar-refractivity contribution in [3.05, 3.63) is 0 Å². The van der Waals surface area contributed by atoms with Crippen LogP contribution in [0.5, 0.6) is 0 Å². The number of hydrogen-bond donors (Lipinski definition) is 0. The third kappa shape index (κ3) is 1.81. The maximum absolute atomic E-state index is 11.0. The third-order valence-electron chi connectivity index (χ3n) is 1.72. The molecule has 5 heteroatoms. The summed E-state index contributed by atoms with van der Waals surface area (Å²) in [6, 6.07) is 0. The van der Waals surface area contributed by atoms with E-state index in [9.17, 15) is 9.59 Å².